The first-order valence-corrected chi connectivity index (χ1v) is 10.8. The van der Waals surface area contributed by atoms with Crippen molar-refractivity contribution in [2.24, 2.45) is 5.10 Å². The largest absolute Gasteiger partial charge is 0.481 e. The van der Waals surface area contributed by atoms with E-state index >= 15 is 0 Å². The van der Waals surface area contributed by atoms with Crippen molar-refractivity contribution in [1.29, 1.82) is 0 Å². The van der Waals surface area contributed by atoms with Gasteiger partial charge in [0.05, 0.1) is 11.8 Å². The minimum atomic E-state index is -0.783. The van der Waals surface area contributed by atoms with Crippen molar-refractivity contribution in [2.45, 2.75) is 20.0 Å². The van der Waals surface area contributed by atoms with E-state index in [9.17, 15) is 9.59 Å². The number of esters is 1. The molecule has 1 N–H and O–H groups in total. The Bertz CT molecular complexity index is 1150. The second-order valence-corrected chi connectivity index (χ2v) is 8.24. The van der Waals surface area contributed by atoms with Gasteiger partial charge in [-0.25, -0.2) is 10.2 Å². The Morgan fingerprint density at radius 2 is 1.84 bits per heavy atom. The summed E-state index contributed by atoms with van der Waals surface area (Å²) in [4.78, 5) is 24.8. The number of hydrogen-bond donors (Lipinski definition) is 1. The normalized spacial score (nSPS) is 11.8. The van der Waals surface area contributed by atoms with E-state index in [4.69, 9.17) is 21.1 Å². The van der Waals surface area contributed by atoms with Crippen LogP contribution >= 0.6 is 27.5 Å². The molecule has 8 heteroatoms. The summed E-state index contributed by atoms with van der Waals surface area (Å²) in [6, 6.07) is 18.9. The molecule has 3 rings (SSSR count). The molecule has 0 aromatic heterocycles. The first-order chi connectivity index (χ1) is 15.3. The fourth-order valence-corrected chi connectivity index (χ4v) is 3.18. The molecule has 32 heavy (non-hydrogen) atoms. The van der Waals surface area contributed by atoms with Crippen LogP contribution in [0.5, 0.6) is 11.5 Å². The van der Waals surface area contributed by atoms with Crippen LogP contribution in [0.25, 0.3) is 0 Å². The number of amides is 1. The second-order valence-electron chi connectivity index (χ2n) is 6.89. The average Bonchev–Trinajstić information content (AvgIpc) is 2.77. The third kappa shape index (κ3) is 6.67. The molecular formula is C24H20BrClN2O4. The van der Waals surface area contributed by atoms with Gasteiger partial charge in [-0.3, -0.25) is 4.79 Å². The molecule has 0 saturated heterocycles. The number of benzene rings is 3. The summed E-state index contributed by atoms with van der Waals surface area (Å²) < 4.78 is 11.9. The van der Waals surface area contributed by atoms with Crippen molar-refractivity contribution in [1.82, 2.24) is 5.43 Å². The van der Waals surface area contributed by atoms with Gasteiger partial charge in [-0.15, -0.1) is 0 Å². The fourth-order valence-electron chi connectivity index (χ4n) is 2.67. The van der Waals surface area contributed by atoms with E-state index < -0.39 is 18.0 Å². The average molecular weight is 516 g/mol. The molecule has 0 aliphatic rings. The Balaban J connectivity index is 1.65. The Labute approximate surface area is 199 Å². The van der Waals surface area contributed by atoms with Crippen LogP contribution in [0.15, 0.2) is 76.3 Å². The molecule has 0 bridgehead atoms. The number of hydrogen-bond acceptors (Lipinski definition) is 5. The summed E-state index contributed by atoms with van der Waals surface area (Å²) in [6.45, 7) is 3.50. The predicted molar refractivity (Wildman–Crippen MR) is 128 cm³/mol. The molecule has 0 aliphatic heterocycles. The molecular weight excluding hydrogens is 496 g/mol. The summed E-state index contributed by atoms with van der Waals surface area (Å²) in [7, 11) is 0. The van der Waals surface area contributed by atoms with Gasteiger partial charge in [-0.2, -0.15) is 5.10 Å². The van der Waals surface area contributed by atoms with Gasteiger partial charge >= 0.3 is 5.97 Å². The monoisotopic (exact) mass is 514 g/mol. The van der Waals surface area contributed by atoms with Crippen LogP contribution in [0.3, 0.4) is 0 Å². The SMILES string of the molecule is Cc1cccc(C(=O)Oc2ccc(Br)cc2C=NNC(=O)C(C)Oc2ccc(Cl)cc2)c1. The molecule has 6 nitrogen and oxygen atoms in total. The summed E-state index contributed by atoms with van der Waals surface area (Å²) in [5.41, 5.74) is 4.33. The highest BCUT2D eigenvalue weighted by Crippen LogP contribution is 2.23. The molecule has 3 aromatic carbocycles. The van der Waals surface area contributed by atoms with Crippen LogP contribution in [0.2, 0.25) is 5.02 Å². The topological polar surface area (TPSA) is 77.0 Å². The van der Waals surface area contributed by atoms with E-state index in [1.807, 2.05) is 13.0 Å². The summed E-state index contributed by atoms with van der Waals surface area (Å²) in [6.07, 6.45) is 0.616. The third-order valence-electron chi connectivity index (χ3n) is 4.30. The van der Waals surface area contributed by atoms with Crippen LogP contribution < -0.4 is 14.9 Å². The Morgan fingerprint density at radius 3 is 2.56 bits per heavy atom. The standard InChI is InChI=1S/C24H20BrClN2O4/c1-15-4-3-5-17(12-15)24(30)32-22-11-6-19(25)13-18(22)14-27-28-23(29)16(2)31-21-9-7-20(26)8-10-21/h3-14,16H,1-2H3,(H,28,29). The van der Waals surface area contributed by atoms with Crippen molar-refractivity contribution in [3.05, 3.63) is 92.9 Å². The highest BCUT2D eigenvalue weighted by Gasteiger charge is 2.15. The molecule has 0 fully saturated rings. The second kappa shape index (κ2) is 10.9. The molecule has 1 atom stereocenters. The molecule has 0 saturated carbocycles. The van der Waals surface area contributed by atoms with Gasteiger partial charge in [0.25, 0.3) is 5.91 Å². The van der Waals surface area contributed by atoms with Gasteiger partial charge < -0.3 is 9.47 Å². The van der Waals surface area contributed by atoms with Crippen molar-refractivity contribution in [3.63, 3.8) is 0 Å². The third-order valence-corrected chi connectivity index (χ3v) is 5.05. The number of carbonyl (C=O) groups excluding carboxylic acids is 2. The number of carbonyl (C=O) groups is 2. The number of nitrogens with zero attached hydrogens (tertiary/aromatic N) is 1. The summed E-state index contributed by atoms with van der Waals surface area (Å²) in [5.74, 6) is -0.106. The number of rotatable bonds is 7. The summed E-state index contributed by atoms with van der Waals surface area (Å²) >= 11 is 9.23. The maximum absolute atomic E-state index is 12.5. The number of hydrazone groups is 1. The lowest BCUT2D eigenvalue weighted by atomic mass is 10.1. The number of halogens is 2. The molecule has 0 radical (unpaired) electrons. The summed E-state index contributed by atoms with van der Waals surface area (Å²) in [5, 5.41) is 4.55. The molecule has 1 amide bonds. The van der Waals surface area contributed by atoms with Crippen LogP contribution in [0.1, 0.15) is 28.4 Å². The van der Waals surface area contributed by atoms with Crippen LogP contribution in [0, 0.1) is 6.92 Å². The Hall–Kier alpha value is -3.16. The zero-order chi connectivity index (χ0) is 23.1. The Morgan fingerprint density at radius 1 is 1.09 bits per heavy atom. The van der Waals surface area contributed by atoms with E-state index in [1.54, 1.807) is 67.6 Å². The van der Waals surface area contributed by atoms with Crippen LogP contribution in [-0.2, 0) is 4.79 Å². The predicted octanol–water partition coefficient (Wildman–Crippen LogP) is 5.55. The van der Waals surface area contributed by atoms with Crippen molar-refractivity contribution in [3.8, 4) is 11.5 Å². The van der Waals surface area contributed by atoms with Crippen molar-refractivity contribution in [2.75, 3.05) is 0 Å². The van der Waals surface area contributed by atoms with Gasteiger partial charge in [0.1, 0.15) is 11.5 Å². The van der Waals surface area contributed by atoms with Crippen LogP contribution in [0.4, 0.5) is 0 Å². The minimum Gasteiger partial charge on any atom is -0.481 e. The lowest BCUT2D eigenvalue weighted by Crippen LogP contribution is -2.33. The molecule has 0 aliphatic carbocycles. The zero-order valence-electron chi connectivity index (χ0n) is 17.3. The van der Waals surface area contributed by atoms with E-state index in [0.29, 0.717) is 27.6 Å². The van der Waals surface area contributed by atoms with E-state index in [0.717, 1.165) is 10.0 Å². The van der Waals surface area contributed by atoms with Gasteiger partial charge in [0.15, 0.2) is 6.10 Å². The highest BCUT2D eigenvalue weighted by atomic mass is 79.9. The number of ether oxygens (including phenoxy) is 2. The smallest absolute Gasteiger partial charge is 0.343 e. The molecule has 3 aromatic rings. The van der Waals surface area contributed by atoms with E-state index in [2.05, 4.69) is 26.5 Å². The van der Waals surface area contributed by atoms with Crippen molar-refractivity contribution >= 4 is 45.6 Å². The van der Waals surface area contributed by atoms with E-state index in [1.165, 1.54) is 6.21 Å². The Kier molecular flexibility index (Phi) is 8.03. The quantitative estimate of drug-likeness (QED) is 0.194. The van der Waals surface area contributed by atoms with Gasteiger partial charge in [0.2, 0.25) is 0 Å². The lowest BCUT2D eigenvalue weighted by Gasteiger charge is -2.13. The number of nitrogens with one attached hydrogen (secondary N) is 1. The molecule has 0 heterocycles. The van der Waals surface area contributed by atoms with Crippen molar-refractivity contribution < 1.29 is 19.1 Å². The first-order valence-electron chi connectivity index (χ1n) is 9.65. The number of aryl methyl sites for hydroxylation is 1. The maximum atomic E-state index is 12.5. The van der Waals surface area contributed by atoms with Gasteiger partial charge in [0, 0.05) is 15.1 Å². The molecule has 0 spiro atoms. The lowest BCUT2D eigenvalue weighted by molar-refractivity contribution is -0.127. The van der Waals surface area contributed by atoms with E-state index in [-0.39, 0.29) is 0 Å². The van der Waals surface area contributed by atoms with Crippen LogP contribution in [-0.4, -0.2) is 24.2 Å². The molecule has 164 valence electrons. The highest BCUT2D eigenvalue weighted by molar-refractivity contribution is 9.10. The maximum Gasteiger partial charge on any atom is 0.343 e. The van der Waals surface area contributed by atoms with Gasteiger partial charge in [-0.05, 0) is 68.4 Å². The minimum absolute atomic E-state index is 0.308. The fraction of sp³-hybridized carbons (Fsp3) is 0.125. The zero-order valence-corrected chi connectivity index (χ0v) is 19.7. The van der Waals surface area contributed by atoms with Gasteiger partial charge in [-0.1, -0.05) is 45.2 Å². The molecule has 1 unspecified atom stereocenters. The first kappa shape index (κ1) is 23.5.